The second kappa shape index (κ2) is 6.33. The van der Waals surface area contributed by atoms with Crippen LogP contribution in [0.2, 0.25) is 0 Å². The van der Waals surface area contributed by atoms with Crippen molar-refractivity contribution in [3.63, 3.8) is 0 Å². The third-order valence-electron chi connectivity index (χ3n) is 3.60. The van der Waals surface area contributed by atoms with Crippen LogP contribution in [0.25, 0.3) is 0 Å². The lowest BCUT2D eigenvalue weighted by Gasteiger charge is -2.30. The quantitative estimate of drug-likeness (QED) is 0.892. The molecule has 0 aliphatic heterocycles. The number of para-hydroxylation sites is 2. The lowest BCUT2D eigenvalue weighted by Crippen LogP contribution is -2.24. The number of rotatable bonds is 5. The smallest absolute Gasteiger partial charge is 0.142 e. The maximum absolute atomic E-state index is 9.42. The van der Waals surface area contributed by atoms with Crippen molar-refractivity contribution in [2.75, 3.05) is 19.1 Å². The van der Waals surface area contributed by atoms with Crippen LogP contribution >= 0.6 is 0 Å². The van der Waals surface area contributed by atoms with Gasteiger partial charge in [0.1, 0.15) is 11.5 Å². The highest BCUT2D eigenvalue weighted by Gasteiger charge is 2.18. The molecule has 2 aromatic carbocycles. The predicted molar refractivity (Wildman–Crippen MR) is 82.5 cm³/mol. The zero-order chi connectivity index (χ0) is 14.5. The minimum absolute atomic E-state index is 0.242. The lowest BCUT2D eigenvalue weighted by atomic mass is 10.0. The standard InChI is InChI=1S/C17H21NO2/c1-4-15(13-9-11-14(19)12-10-13)18(2)16-7-5-6-8-17(16)20-3/h5-12,15,19H,4H2,1-3H3. The molecule has 3 nitrogen and oxygen atoms in total. The van der Waals surface area contributed by atoms with Gasteiger partial charge in [-0.15, -0.1) is 0 Å². The van der Waals surface area contributed by atoms with Crippen LogP contribution in [0.15, 0.2) is 48.5 Å². The van der Waals surface area contributed by atoms with Gasteiger partial charge in [-0.2, -0.15) is 0 Å². The summed E-state index contributed by atoms with van der Waals surface area (Å²) in [6.45, 7) is 2.16. The van der Waals surface area contributed by atoms with Gasteiger partial charge in [0.25, 0.3) is 0 Å². The first-order chi connectivity index (χ1) is 9.67. The van der Waals surface area contributed by atoms with Crippen molar-refractivity contribution in [1.82, 2.24) is 0 Å². The van der Waals surface area contributed by atoms with E-state index in [0.717, 1.165) is 17.9 Å². The molecule has 20 heavy (non-hydrogen) atoms. The molecule has 0 heterocycles. The van der Waals surface area contributed by atoms with Crippen LogP contribution in [0.1, 0.15) is 24.9 Å². The van der Waals surface area contributed by atoms with Crippen molar-refractivity contribution >= 4 is 5.69 Å². The molecule has 0 aromatic heterocycles. The van der Waals surface area contributed by atoms with Crippen molar-refractivity contribution < 1.29 is 9.84 Å². The van der Waals surface area contributed by atoms with Crippen LogP contribution in [-0.2, 0) is 0 Å². The van der Waals surface area contributed by atoms with Crippen LogP contribution in [-0.4, -0.2) is 19.3 Å². The van der Waals surface area contributed by atoms with Crippen LogP contribution < -0.4 is 9.64 Å². The Kier molecular flexibility index (Phi) is 4.51. The predicted octanol–water partition coefficient (Wildman–Crippen LogP) is 3.99. The molecule has 2 aromatic rings. The number of anilines is 1. The molecule has 2 rings (SSSR count). The van der Waals surface area contributed by atoms with E-state index in [4.69, 9.17) is 4.74 Å². The summed E-state index contributed by atoms with van der Waals surface area (Å²) in [6, 6.07) is 15.6. The fourth-order valence-corrected chi connectivity index (χ4v) is 2.52. The summed E-state index contributed by atoms with van der Waals surface area (Å²) < 4.78 is 5.43. The molecule has 1 atom stereocenters. The van der Waals surface area contributed by atoms with E-state index < -0.39 is 0 Å². The van der Waals surface area contributed by atoms with E-state index >= 15 is 0 Å². The molecule has 0 spiro atoms. The van der Waals surface area contributed by atoms with Gasteiger partial charge in [-0.25, -0.2) is 0 Å². The Morgan fingerprint density at radius 1 is 1.10 bits per heavy atom. The van der Waals surface area contributed by atoms with Gasteiger partial charge >= 0.3 is 0 Å². The minimum Gasteiger partial charge on any atom is -0.508 e. The number of phenolic OH excluding ortho intramolecular Hbond substituents is 1. The van der Waals surface area contributed by atoms with E-state index in [0.29, 0.717) is 5.75 Å². The van der Waals surface area contributed by atoms with Crippen LogP contribution in [0.3, 0.4) is 0 Å². The highest BCUT2D eigenvalue weighted by molar-refractivity contribution is 5.59. The Morgan fingerprint density at radius 3 is 2.35 bits per heavy atom. The first kappa shape index (κ1) is 14.3. The van der Waals surface area contributed by atoms with Crippen molar-refractivity contribution in [2.45, 2.75) is 19.4 Å². The summed E-state index contributed by atoms with van der Waals surface area (Å²) in [5.41, 5.74) is 2.24. The van der Waals surface area contributed by atoms with Gasteiger partial charge in [0.05, 0.1) is 18.8 Å². The van der Waals surface area contributed by atoms with Crippen molar-refractivity contribution in [3.05, 3.63) is 54.1 Å². The van der Waals surface area contributed by atoms with Gasteiger partial charge < -0.3 is 14.7 Å². The van der Waals surface area contributed by atoms with Gasteiger partial charge in [-0.3, -0.25) is 0 Å². The summed E-state index contributed by atoms with van der Waals surface area (Å²) in [6.07, 6.45) is 0.972. The molecule has 3 heteroatoms. The van der Waals surface area contributed by atoms with E-state index in [1.807, 2.05) is 30.3 Å². The highest BCUT2D eigenvalue weighted by Crippen LogP contribution is 2.34. The van der Waals surface area contributed by atoms with Gasteiger partial charge in [-0.1, -0.05) is 31.2 Å². The summed E-state index contributed by atoms with van der Waals surface area (Å²) in [5.74, 6) is 1.16. The third-order valence-corrected chi connectivity index (χ3v) is 3.60. The maximum Gasteiger partial charge on any atom is 0.142 e. The van der Waals surface area contributed by atoms with Gasteiger partial charge in [0.2, 0.25) is 0 Å². The third kappa shape index (κ3) is 2.87. The molecule has 0 aliphatic rings. The first-order valence-electron chi connectivity index (χ1n) is 6.82. The molecular formula is C17H21NO2. The van der Waals surface area contributed by atoms with Gasteiger partial charge in [-0.05, 0) is 36.2 Å². The van der Waals surface area contributed by atoms with Crippen LogP contribution in [0.5, 0.6) is 11.5 Å². The number of ether oxygens (including phenoxy) is 1. The Bertz CT molecular complexity index is 551. The number of phenols is 1. The molecule has 0 fully saturated rings. The number of aromatic hydroxyl groups is 1. The molecule has 0 saturated carbocycles. The molecule has 0 saturated heterocycles. The molecule has 106 valence electrons. The number of methoxy groups -OCH3 is 1. The van der Waals surface area contributed by atoms with Crippen LogP contribution in [0.4, 0.5) is 5.69 Å². The number of hydrogen-bond acceptors (Lipinski definition) is 3. The summed E-state index contributed by atoms with van der Waals surface area (Å²) in [4.78, 5) is 2.21. The van der Waals surface area contributed by atoms with Crippen molar-refractivity contribution in [1.29, 1.82) is 0 Å². The average molecular weight is 271 g/mol. The molecule has 1 N–H and O–H groups in total. The molecule has 0 amide bonds. The highest BCUT2D eigenvalue weighted by atomic mass is 16.5. The Labute approximate surface area is 120 Å². The van der Waals surface area contributed by atoms with Crippen molar-refractivity contribution in [3.8, 4) is 11.5 Å². The second-order valence-electron chi connectivity index (χ2n) is 4.80. The zero-order valence-corrected chi connectivity index (χ0v) is 12.2. The normalized spacial score (nSPS) is 11.9. The second-order valence-corrected chi connectivity index (χ2v) is 4.80. The lowest BCUT2D eigenvalue weighted by molar-refractivity contribution is 0.413. The molecule has 0 radical (unpaired) electrons. The SMILES string of the molecule is CCC(c1ccc(O)cc1)N(C)c1ccccc1OC. The van der Waals surface area contributed by atoms with Crippen LogP contribution in [0, 0.1) is 0 Å². The van der Waals surface area contributed by atoms with Crippen molar-refractivity contribution in [2.24, 2.45) is 0 Å². The van der Waals surface area contributed by atoms with E-state index in [-0.39, 0.29) is 6.04 Å². The Hall–Kier alpha value is -2.16. The molecule has 0 aliphatic carbocycles. The Balaban J connectivity index is 2.33. The van der Waals surface area contributed by atoms with Gasteiger partial charge in [0, 0.05) is 7.05 Å². The fraction of sp³-hybridized carbons (Fsp3) is 0.294. The summed E-state index contributed by atoms with van der Waals surface area (Å²) >= 11 is 0. The molecular weight excluding hydrogens is 250 g/mol. The summed E-state index contributed by atoms with van der Waals surface area (Å²) in [5, 5.41) is 9.42. The summed E-state index contributed by atoms with van der Waals surface area (Å²) in [7, 11) is 3.76. The first-order valence-corrected chi connectivity index (χ1v) is 6.82. The van der Waals surface area contributed by atoms with E-state index in [1.54, 1.807) is 19.2 Å². The Morgan fingerprint density at radius 2 is 1.75 bits per heavy atom. The van der Waals surface area contributed by atoms with E-state index in [9.17, 15) is 5.11 Å². The number of nitrogens with zero attached hydrogens (tertiary/aromatic N) is 1. The zero-order valence-electron chi connectivity index (χ0n) is 12.2. The van der Waals surface area contributed by atoms with Gasteiger partial charge in [0.15, 0.2) is 0 Å². The number of hydrogen-bond donors (Lipinski definition) is 1. The minimum atomic E-state index is 0.242. The largest absolute Gasteiger partial charge is 0.508 e. The van der Waals surface area contributed by atoms with E-state index in [1.165, 1.54) is 5.56 Å². The fourth-order valence-electron chi connectivity index (χ4n) is 2.52. The number of benzene rings is 2. The molecule has 0 bridgehead atoms. The van der Waals surface area contributed by atoms with E-state index in [2.05, 4.69) is 24.9 Å². The average Bonchev–Trinajstić information content (AvgIpc) is 2.49. The monoisotopic (exact) mass is 271 g/mol. The molecule has 1 unspecified atom stereocenters. The topological polar surface area (TPSA) is 32.7 Å². The maximum atomic E-state index is 9.42.